The number of methoxy groups -OCH3 is 1. The molecule has 0 saturated heterocycles. The molecular weight excluding hydrogens is 274 g/mol. The van der Waals surface area contributed by atoms with E-state index in [9.17, 15) is 9.59 Å². The summed E-state index contributed by atoms with van der Waals surface area (Å²) in [5.41, 5.74) is 0.999. The minimum absolute atomic E-state index is 0.185. The van der Waals surface area contributed by atoms with Gasteiger partial charge in [-0.2, -0.15) is 0 Å². The third kappa shape index (κ3) is 3.82. The fourth-order valence-corrected chi connectivity index (χ4v) is 1.64. The van der Waals surface area contributed by atoms with Gasteiger partial charge in [0.05, 0.1) is 19.6 Å². The summed E-state index contributed by atoms with van der Waals surface area (Å²) >= 11 is 0. The largest absolute Gasteiger partial charge is 0.482 e. The number of rotatable bonds is 5. The van der Waals surface area contributed by atoms with Gasteiger partial charge in [0.2, 0.25) is 0 Å². The number of anilines is 1. The third-order valence-corrected chi connectivity index (χ3v) is 2.73. The van der Waals surface area contributed by atoms with Crippen LogP contribution in [0.5, 0.6) is 5.75 Å². The van der Waals surface area contributed by atoms with Gasteiger partial charge in [0.25, 0.3) is 5.91 Å². The highest BCUT2D eigenvalue weighted by Gasteiger charge is 2.10. The summed E-state index contributed by atoms with van der Waals surface area (Å²) in [6.07, 6.45) is 3.03. The predicted molar refractivity (Wildman–Crippen MR) is 75.1 cm³/mol. The lowest BCUT2D eigenvalue weighted by atomic mass is 10.3. The Balaban J connectivity index is 2.02. The van der Waals surface area contributed by atoms with Gasteiger partial charge in [-0.3, -0.25) is 4.79 Å². The number of benzene rings is 1. The summed E-state index contributed by atoms with van der Waals surface area (Å²) in [6, 6.07) is 6.74. The molecule has 0 bridgehead atoms. The van der Waals surface area contributed by atoms with Gasteiger partial charge in [0.1, 0.15) is 11.4 Å². The van der Waals surface area contributed by atoms with Gasteiger partial charge in [0.15, 0.2) is 6.61 Å². The van der Waals surface area contributed by atoms with Crippen molar-refractivity contribution in [2.75, 3.05) is 19.0 Å². The number of aromatic nitrogens is 2. The Morgan fingerprint density at radius 2 is 2.19 bits per heavy atom. The maximum Gasteiger partial charge on any atom is 0.343 e. The Kier molecular flexibility index (Phi) is 4.55. The van der Waals surface area contributed by atoms with Gasteiger partial charge >= 0.3 is 5.97 Å². The Bertz CT molecular complexity index is 651. The fraction of sp³-hybridized carbons (Fsp3) is 0.214. The number of nitrogens with zero attached hydrogens (tertiary/aromatic N) is 2. The number of amides is 1. The lowest BCUT2D eigenvalue weighted by Gasteiger charge is -2.08. The molecule has 0 unspecified atom stereocenters. The molecule has 21 heavy (non-hydrogen) atoms. The van der Waals surface area contributed by atoms with Crippen molar-refractivity contribution in [2.24, 2.45) is 7.05 Å². The van der Waals surface area contributed by atoms with Crippen LogP contribution in [-0.4, -0.2) is 35.1 Å². The van der Waals surface area contributed by atoms with Crippen molar-refractivity contribution in [3.63, 3.8) is 0 Å². The number of carbonyl (C=O) groups excluding carboxylic acids is 2. The van der Waals surface area contributed by atoms with Gasteiger partial charge in [-0.05, 0) is 12.1 Å². The molecule has 0 spiro atoms. The number of hydrogen-bond acceptors (Lipinski definition) is 5. The van der Waals surface area contributed by atoms with Gasteiger partial charge < -0.3 is 19.4 Å². The van der Waals surface area contributed by atoms with Crippen LogP contribution in [0.1, 0.15) is 10.5 Å². The topological polar surface area (TPSA) is 82.4 Å². The van der Waals surface area contributed by atoms with E-state index < -0.39 is 5.97 Å². The summed E-state index contributed by atoms with van der Waals surface area (Å²) in [6.45, 7) is -0.185. The van der Waals surface area contributed by atoms with Crippen molar-refractivity contribution in [2.45, 2.75) is 0 Å². The molecule has 0 saturated carbocycles. The molecule has 0 aliphatic heterocycles. The number of carbonyl (C=O) groups is 2. The van der Waals surface area contributed by atoms with Crippen LogP contribution < -0.4 is 10.1 Å². The molecule has 1 aromatic carbocycles. The highest BCUT2D eigenvalue weighted by Crippen LogP contribution is 2.18. The first-order valence-corrected chi connectivity index (χ1v) is 6.17. The van der Waals surface area contributed by atoms with Crippen LogP contribution in [-0.2, 0) is 16.6 Å². The number of aryl methyl sites for hydroxylation is 1. The molecule has 7 heteroatoms. The summed E-state index contributed by atoms with van der Waals surface area (Å²) in [5, 5.41) is 2.73. The Labute approximate surface area is 121 Å². The standard InChI is InChI=1S/C14H15N3O4/c1-17-9-15-7-12(17)14(19)16-10-4-3-5-11(6-10)21-8-13(18)20-2/h3-7,9H,8H2,1-2H3,(H,16,19). The van der Waals surface area contributed by atoms with Crippen molar-refractivity contribution in [1.82, 2.24) is 9.55 Å². The lowest BCUT2D eigenvalue weighted by molar-refractivity contribution is -0.142. The highest BCUT2D eigenvalue weighted by atomic mass is 16.6. The summed E-state index contributed by atoms with van der Waals surface area (Å²) in [4.78, 5) is 26.9. The molecule has 0 radical (unpaired) electrons. The first kappa shape index (κ1) is 14.6. The van der Waals surface area contributed by atoms with Crippen LogP contribution in [0.15, 0.2) is 36.8 Å². The molecule has 0 atom stereocenters. The van der Waals surface area contributed by atoms with Gasteiger partial charge in [-0.1, -0.05) is 6.07 Å². The molecule has 1 aromatic heterocycles. The van der Waals surface area contributed by atoms with E-state index in [1.54, 1.807) is 42.2 Å². The van der Waals surface area contributed by atoms with E-state index in [4.69, 9.17) is 4.74 Å². The van der Waals surface area contributed by atoms with Crippen molar-refractivity contribution in [3.05, 3.63) is 42.5 Å². The van der Waals surface area contributed by atoms with Crippen molar-refractivity contribution >= 4 is 17.6 Å². The highest BCUT2D eigenvalue weighted by molar-refractivity contribution is 6.03. The van der Waals surface area contributed by atoms with Crippen LogP contribution in [0.25, 0.3) is 0 Å². The minimum atomic E-state index is -0.473. The van der Waals surface area contributed by atoms with E-state index in [1.165, 1.54) is 13.3 Å². The number of nitrogens with one attached hydrogen (secondary N) is 1. The molecule has 7 nitrogen and oxygen atoms in total. The molecule has 0 fully saturated rings. The lowest BCUT2D eigenvalue weighted by Crippen LogP contribution is -2.15. The summed E-state index contributed by atoms with van der Waals surface area (Å²) in [5.74, 6) is -0.289. The number of imidazole rings is 1. The average Bonchev–Trinajstić information content (AvgIpc) is 2.91. The van der Waals surface area contributed by atoms with Crippen molar-refractivity contribution in [1.29, 1.82) is 0 Å². The van der Waals surface area contributed by atoms with E-state index >= 15 is 0 Å². The second-order valence-electron chi connectivity index (χ2n) is 4.24. The summed E-state index contributed by atoms with van der Waals surface area (Å²) < 4.78 is 11.4. The quantitative estimate of drug-likeness (QED) is 0.837. The van der Waals surface area contributed by atoms with E-state index in [0.29, 0.717) is 17.1 Å². The summed E-state index contributed by atoms with van der Waals surface area (Å²) in [7, 11) is 3.02. The predicted octanol–water partition coefficient (Wildman–Crippen LogP) is 1.22. The molecule has 2 aromatic rings. The van der Waals surface area contributed by atoms with Crippen LogP contribution in [0.3, 0.4) is 0 Å². The molecule has 110 valence electrons. The zero-order chi connectivity index (χ0) is 15.2. The normalized spacial score (nSPS) is 10.0. The van der Waals surface area contributed by atoms with Gasteiger partial charge in [0, 0.05) is 18.8 Å². The van der Waals surface area contributed by atoms with E-state index in [1.807, 2.05) is 0 Å². The van der Waals surface area contributed by atoms with Crippen molar-refractivity contribution < 1.29 is 19.1 Å². The maximum atomic E-state index is 12.0. The zero-order valence-corrected chi connectivity index (χ0v) is 11.7. The third-order valence-electron chi connectivity index (χ3n) is 2.73. The first-order chi connectivity index (χ1) is 10.1. The number of esters is 1. The maximum absolute atomic E-state index is 12.0. The van der Waals surface area contributed by atoms with E-state index in [-0.39, 0.29) is 12.5 Å². The molecule has 1 amide bonds. The van der Waals surface area contributed by atoms with Crippen LogP contribution in [0.2, 0.25) is 0 Å². The smallest absolute Gasteiger partial charge is 0.343 e. The SMILES string of the molecule is COC(=O)COc1cccc(NC(=O)c2cncn2C)c1. The molecule has 0 aliphatic rings. The zero-order valence-electron chi connectivity index (χ0n) is 11.7. The van der Waals surface area contributed by atoms with E-state index in [0.717, 1.165) is 0 Å². The molecule has 2 rings (SSSR count). The Morgan fingerprint density at radius 1 is 1.38 bits per heavy atom. The number of hydrogen-bond donors (Lipinski definition) is 1. The van der Waals surface area contributed by atoms with Crippen LogP contribution in [0, 0.1) is 0 Å². The van der Waals surface area contributed by atoms with Crippen molar-refractivity contribution in [3.8, 4) is 5.75 Å². The van der Waals surface area contributed by atoms with Gasteiger partial charge in [-0.25, -0.2) is 9.78 Å². The first-order valence-electron chi connectivity index (χ1n) is 6.17. The van der Waals surface area contributed by atoms with Crippen LogP contribution >= 0.6 is 0 Å². The second kappa shape index (κ2) is 6.56. The fourth-order valence-electron chi connectivity index (χ4n) is 1.64. The Morgan fingerprint density at radius 3 is 2.86 bits per heavy atom. The van der Waals surface area contributed by atoms with E-state index in [2.05, 4.69) is 15.0 Å². The second-order valence-corrected chi connectivity index (χ2v) is 4.24. The van der Waals surface area contributed by atoms with Crippen LogP contribution in [0.4, 0.5) is 5.69 Å². The molecular formula is C14H15N3O4. The Hall–Kier alpha value is -2.83. The molecule has 1 heterocycles. The minimum Gasteiger partial charge on any atom is -0.482 e. The van der Waals surface area contributed by atoms with Gasteiger partial charge in [-0.15, -0.1) is 0 Å². The average molecular weight is 289 g/mol. The number of ether oxygens (including phenoxy) is 2. The molecule has 1 N–H and O–H groups in total. The monoisotopic (exact) mass is 289 g/mol. The molecule has 0 aliphatic carbocycles.